The van der Waals surface area contributed by atoms with E-state index in [1.54, 1.807) is 18.5 Å². The molecule has 3 N–H and O–H groups in total. The summed E-state index contributed by atoms with van der Waals surface area (Å²) in [7, 11) is 0. The highest BCUT2D eigenvalue weighted by atomic mass is 35.5. The van der Waals surface area contributed by atoms with Crippen LogP contribution in [0.2, 0.25) is 0 Å². The molecule has 1 aromatic carbocycles. The number of hydrogen-bond donors (Lipinski definition) is 3. The van der Waals surface area contributed by atoms with Crippen LogP contribution in [0.3, 0.4) is 0 Å². The summed E-state index contributed by atoms with van der Waals surface area (Å²) in [6.45, 7) is 1.72. The Morgan fingerprint density at radius 2 is 2.00 bits per heavy atom. The average Bonchev–Trinajstić information content (AvgIpc) is 3.10. The third-order valence-corrected chi connectivity index (χ3v) is 4.75. The topological polar surface area (TPSA) is 87.1 Å². The second-order valence-electron chi connectivity index (χ2n) is 6.51. The largest absolute Gasteiger partial charge is 0.391 e. The third-order valence-electron chi connectivity index (χ3n) is 4.75. The normalized spacial score (nSPS) is 18.2. The Morgan fingerprint density at radius 3 is 2.71 bits per heavy atom. The van der Waals surface area contributed by atoms with Gasteiger partial charge in [0.05, 0.1) is 22.9 Å². The summed E-state index contributed by atoms with van der Waals surface area (Å²) < 4.78 is 0. The zero-order chi connectivity index (χ0) is 17.9. The number of hydrogen-bond acceptors (Lipinski definition) is 5. The SMILES string of the molecule is Cl.Cl.O=C(NCC1CNCC1O)c1cc(-c2cccnc2)nc2ccccc12. The molecule has 8 heteroatoms. The predicted molar refractivity (Wildman–Crippen MR) is 114 cm³/mol. The number of nitrogens with one attached hydrogen (secondary N) is 2. The van der Waals surface area contributed by atoms with Crippen LogP contribution in [0, 0.1) is 5.92 Å². The lowest BCUT2D eigenvalue weighted by atomic mass is 10.0. The van der Waals surface area contributed by atoms with Gasteiger partial charge in [-0.1, -0.05) is 18.2 Å². The summed E-state index contributed by atoms with van der Waals surface area (Å²) in [4.78, 5) is 21.7. The van der Waals surface area contributed by atoms with Gasteiger partial charge in [0.15, 0.2) is 0 Å². The number of fused-ring (bicyclic) bond motifs is 1. The molecule has 28 heavy (non-hydrogen) atoms. The fourth-order valence-electron chi connectivity index (χ4n) is 3.27. The molecule has 4 rings (SSSR count). The van der Waals surface area contributed by atoms with Crippen LogP contribution in [0.25, 0.3) is 22.2 Å². The summed E-state index contributed by atoms with van der Waals surface area (Å²) in [5.74, 6) is -0.127. The zero-order valence-electron chi connectivity index (χ0n) is 15.0. The maximum Gasteiger partial charge on any atom is 0.252 e. The molecule has 1 fully saturated rings. The van der Waals surface area contributed by atoms with Crippen molar-refractivity contribution in [3.8, 4) is 11.3 Å². The van der Waals surface area contributed by atoms with Crippen LogP contribution in [0.15, 0.2) is 54.9 Å². The molecule has 0 bridgehead atoms. The fourth-order valence-corrected chi connectivity index (χ4v) is 3.27. The van der Waals surface area contributed by atoms with Crippen molar-refractivity contribution in [3.05, 3.63) is 60.4 Å². The van der Waals surface area contributed by atoms with Crippen LogP contribution in [-0.4, -0.2) is 46.7 Å². The zero-order valence-corrected chi connectivity index (χ0v) is 16.7. The van der Waals surface area contributed by atoms with Gasteiger partial charge >= 0.3 is 0 Å². The number of aliphatic hydroxyl groups excluding tert-OH is 1. The number of carbonyl (C=O) groups excluding carboxylic acids is 1. The van der Waals surface area contributed by atoms with E-state index in [1.807, 2.05) is 36.4 Å². The van der Waals surface area contributed by atoms with E-state index in [9.17, 15) is 9.90 Å². The minimum absolute atomic E-state index is 0. The third kappa shape index (κ3) is 4.59. The number of nitrogens with zero attached hydrogens (tertiary/aromatic N) is 2. The molecule has 1 amide bonds. The molecule has 6 nitrogen and oxygen atoms in total. The molecule has 1 saturated heterocycles. The van der Waals surface area contributed by atoms with Crippen molar-refractivity contribution in [2.45, 2.75) is 6.10 Å². The lowest BCUT2D eigenvalue weighted by Gasteiger charge is -2.15. The van der Waals surface area contributed by atoms with Gasteiger partial charge in [-0.15, -0.1) is 24.8 Å². The standard InChI is InChI=1S/C20H20N4O2.2ClH/c25-19-12-22-10-14(19)11-23-20(26)16-8-18(13-4-3-7-21-9-13)24-17-6-2-1-5-15(16)17;;/h1-9,14,19,22,25H,10-12H2,(H,23,26);2*1H. The Hall–Kier alpha value is -2.25. The lowest BCUT2D eigenvalue weighted by molar-refractivity contribution is 0.0928. The first-order valence-corrected chi connectivity index (χ1v) is 8.69. The monoisotopic (exact) mass is 420 g/mol. The van der Waals surface area contributed by atoms with E-state index >= 15 is 0 Å². The van der Waals surface area contributed by atoms with Crippen LogP contribution in [0.4, 0.5) is 0 Å². The van der Waals surface area contributed by atoms with E-state index in [2.05, 4.69) is 20.6 Å². The molecule has 1 aliphatic rings. The van der Waals surface area contributed by atoms with Crippen LogP contribution in [0.1, 0.15) is 10.4 Å². The summed E-state index contributed by atoms with van der Waals surface area (Å²) in [5, 5.41) is 16.8. The van der Waals surface area contributed by atoms with Gasteiger partial charge in [-0.05, 0) is 24.3 Å². The minimum atomic E-state index is -0.421. The van der Waals surface area contributed by atoms with E-state index in [4.69, 9.17) is 0 Å². The number of β-amino-alcohol motifs (C(OH)–C–C–N with tert-alkyl or cyclic N) is 1. The van der Waals surface area contributed by atoms with Gasteiger partial charge in [0.1, 0.15) is 0 Å². The summed E-state index contributed by atoms with van der Waals surface area (Å²) in [6, 6.07) is 13.2. The van der Waals surface area contributed by atoms with Crippen LogP contribution < -0.4 is 10.6 Å². The predicted octanol–water partition coefficient (Wildman–Crippen LogP) is 2.45. The van der Waals surface area contributed by atoms with E-state index in [0.29, 0.717) is 30.9 Å². The van der Waals surface area contributed by atoms with E-state index in [-0.39, 0.29) is 36.6 Å². The Kier molecular flexibility index (Phi) is 7.71. The van der Waals surface area contributed by atoms with Crippen molar-refractivity contribution in [1.29, 1.82) is 0 Å². The minimum Gasteiger partial charge on any atom is -0.391 e. The van der Waals surface area contributed by atoms with Gasteiger partial charge in [-0.25, -0.2) is 4.98 Å². The number of rotatable bonds is 4. The van der Waals surface area contributed by atoms with Crippen LogP contribution in [0.5, 0.6) is 0 Å². The molecule has 0 radical (unpaired) electrons. The molecule has 148 valence electrons. The van der Waals surface area contributed by atoms with Gasteiger partial charge < -0.3 is 15.7 Å². The number of benzene rings is 1. The Bertz CT molecular complexity index is 940. The summed E-state index contributed by atoms with van der Waals surface area (Å²) in [6.07, 6.45) is 3.02. The van der Waals surface area contributed by atoms with Gasteiger partial charge in [0, 0.05) is 48.9 Å². The molecule has 0 spiro atoms. The maximum atomic E-state index is 12.8. The molecule has 2 atom stereocenters. The van der Waals surface area contributed by atoms with E-state index < -0.39 is 6.10 Å². The first-order valence-electron chi connectivity index (χ1n) is 8.69. The highest BCUT2D eigenvalue weighted by Gasteiger charge is 2.25. The first kappa shape index (κ1) is 22.0. The molecule has 1 aliphatic heterocycles. The van der Waals surface area contributed by atoms with Gasteiger partial charge in [0.25, 0.3) is 5.91 Å². The maximum absolute atomic E-state index is 12.8. The highest BCUT2D eigenvalue weighted by Crippen LogP contribution is 2.24. The van der Waals surface area contributed by atoms with Crippen molar-refractivity contribution in [3.63, 3.8) is 0 Å². The molecular weight excluding hydrogens is 399 g/mol. The van der Waals surface area contributed by atoms with Crippen molar-refractivity contribution < 1.29 is 9.90 Å². The number of aliphatic hydroxyl groups is 1. The van der Waals surface area contributed by atoms with E-state index in [1.165, 1.54) is 0 Å². The molecule has 0 aliphatic carbocycles. The second-order valence-corrected chi connectivity index (χ2v) is 6.51. The van der Waals surface area contributed by atoms with Crippen molar-refractivity contribution in [2.75, 3.05) is 19.6 Å². The lowest BCUT2D eigenvalue weighted by Crippen LogP contribution is -2.34. The van der Waals surface area contributed by atoms with E-state index in [0.717, 1.165) is 16.5 Å². The number of halogens is 2. The Labute approximate surface area is 175 Å². The van der Waals surface area contributed by atoms with Gasteiger partial charge in [0.2, 0.25) is 0 Å². The number of carbonyl (C=O) groups is 1. The number of amides is 1. The average molecular weight is 421 g/mol. The van der Waals surface area contributed by atoms with Crippen molar-refractivity contribution in [1.82, 2.24) is 20.6 Å². The van der Waals surface area contributed by atoms with Gasteiger partial charge in [-0.3, -0.25) is 9.78 Å². The number of aromatic nitrogens is 2. The first-order chi connectivity index (χ1) is 12.7. The molecule has 3 aromatic rings. The smallest absolute Gasteiger partial charge is 0.252 e. The Morgan fingerprint density at radius 1 is 1.18 bits per heavy atom. The summed E-state index contributed by atoms with van der Waals surface area (Å²) in [5.41, 5.74) is 2.92. The van der Waals surface area contributed by atoms with Crippen LogP contribution in [-0.2, 0) is 0 Å². The molecule has 3 heterocycles. The summed E-state index contributed by atoms with van der Waals surface area (Å²) >= 11 is 0. The quantitative estimate of drug-likeness (QED) is 0.603. The van der Waals surface area contributed by atoms with Crippen molar-refractivity contribution >= 4 is 41.6 Å². The van der Waals surface area contributed by atoms with Gasteiger partial charge in [-0.2, -0.15) is 0 Å². The molecule has 2 unspecified atom stereocenters. The fraction of sp³-hybridized carbons (Fsp3) is 0.250. The number of para-hydroxylation sites is 1. The Balaban J connectivity index is 0.00000140. The second kappa shape index (κ2) is 9.80. The number of pyridine rings is 2. The molecule has 2 aromatic heterocycles. The van der Waals surface area contributed by atoms with Crippen LogP contribution >= 0.6 is 24.8 Å². The van der Waals surface area contributed by atoms with Crippen molar-refractivity contribution in [2.24, 2.45) is 5.92 Å². The molecule has 0 saturated carbocycles. The molecular formula is C20H22Cl2N4O2. The highest BCUT2D eigenvalue weighted by molar-refractivity contribution is 6.07.